The van der Waals surface area contributed by atoms with Crippen molar-refractivity contribution >= 4 is 35.0 Å². The number of imidazole rings is 1. The van der Waals surface area contributed by atoms with Crippen LogP contribution in [-0.4, -0.2) is 60.0 Å². The Kier molecular flexibility index (Phi) is 5.38. The van der Waals surface area contributed by atoms with Crippen molar-refractivity contribution in [3.05, 3.63) is 71.8 Å². The summed E-state index contributed by atoms with van der Waals surface area (Å²) >= 11 is 0. The second-order valence-corrected chi connectivity index (χ2v) is 8.44. The van der Waals surface area contributed by atoms with Crippen LogP contribution in [0.1, 0.15) is 21.6 Å². The molecule has 176 valence electrons. The average molecular weight is 469 g/mol. The van der Waals surface area contributed by atoms with Crippen LogP contribution >= 0.6 is 0 Å². The SMILES string of the molecule is COC(=O)c1c(-c2ccc3c(c2)CN=C3)cc(Nc2ccc(N3CCOCC3)cn2)c2nccn12. The van der Waals surface area contributed by atoms with Crippen LogP contribution in [0.4, 0.5) is 17.2 Å². The fourth-order valence-corrected chi connectivity index (χ4v) is 4.59. The molecular formula is C26H24N6O3. The predicted octanol–water partition coefficient (Wildman–Crippen LogP) is 3.70. The zero-order chi connectivity index (χ0) is 23.8. The maximum absolute atomic E-state index is 12.9. The first-order valence-electron chi connectivity index (χ1n) is 11.5. The summed E-state index contributed by atoms with van der Waals surface area (Å²) in [5, 5.41) is 3.40. The lowest BCUT2D eigenvalue weighted by Crippen LogP contribution is -2.36. The van der Waals surface area contributed by atoms with Crippen molar-refractivity contribution in [2.45, 2.75) is 6.54 Å². The fraction of sp³-hybridized carbons (Fsp3) is 0.231. The van der Waals surface area contributed by atoms with Gasteiger partial charge in [0.25, 0.3) is 0 Å². The number of benzene rings is 1. The molecule has 0 aliphatic carbocycles. The van der Waals surface area contributed by atoms with Crippen LogP contribution in [0.2, 0.25) is 0 Å². The van der Waals surface area contributed by atoms with E-state index < -0.39 is 5.97 Å². The monoisotopic (exact) mass is 468 g/mol. The van der Waals surface area contributed by atoms with Gasteiger partial charge in [-0.05, 0) is 41.0 Å². The van der Waals surface area contributed by atoms with Gasteiger partial charge in [-0.15, -0.1) is 0 Å². The number of fused-ring (bicyclic) bond motifs is 2. The van der Waals surface area contributed by atoms with Gasteiger partial charge in [0.15, 0.2) is 5.65 Å². The summed E-state index contributed by atoms with van der Waals surface area (Å²) in [4.78, 5) is 28.6. The molecule has 1 aromatic carbocycles. The van der Waals surface area contributed by atoms with Gasteiger partial charge in [0, 0.05) is 37.3 Å². The van der Waals surface area contributed by atoms with Crippen LogP contribution in [0, 0.1) is 0 Å². The second kappa shape index (κ2) is 8.84. The molecule has 2 aliphatic heterocycles. The molecule has 9 nitrogen and oxygen atoms in total. The van der Waals surface area contributed by atoms with Crippen molar-refractivity contribution in [1.29, 1.82) is 0 Å². The third-order valence-corrected chi connectivity index (χ3v) is 6.38. The molecule has 0 radical (unpaired) electrons. The Bertz CT molecular complexity index is 1440. The summed E-state index contributed by atoms with van der Waals surface area (Å²) in [6, 6.07) is 12.0. The standard InChI is InChI=1S/C26H24N6O3/c1-34-26(33)24-21(17-2-3-18-14-27-15-19(18)12-17)13-22(25-28-6-7-32(24)25)30-23-5-4-20(16-29-23)31-8-10-35-11-9-31/h2-7,12-14,16H,8-11,15H2,1H3,(H,29,30). The number of aliphatic imine (C=N–C) groups is 1. The Morgan fingerprint density at radius 2 is 2.00 bits per heavy atom. The molecule has 1 N–H and O–H groups in total. The topological polar surface area (TPSA) is 93.3 Å². The van der Waals surface area contributed by atoms with Crippen LogP contribution in [0.5, 0.6) is 0 Å². The number of carbonyl (C=O) groups is 1. The average Bonchev–Trinajstić information content (AvgIpc) is 3.58. The normalized spacial score (nSPS) is 14.8. The molecule has 2 aliphatic rings. The van der Waals surface area contributed by atoms with E-state index in [0.717, 1.165) is 59.9 Å². The minimum atomic E-state index is -0.431. The molecular weight excluding hydrogens is 444 g/mol. The molecule has 0 unspecified atom stereocenters. The fourth-order valence-electron chi connectivity index (χ4n) is 4.59. The van der Waals surface area contributed by atoms with Crippen LogP contribution in [0.3, 0.4) is 0 Å². The first-order chi connectivity index (χ1) is 17.2. The van der Waals surface area contributed by atoms with E-state index in [0.29, 0.717) is 23.7 Å². The van der Waals surface area contributed by atoms with Gasteiger partial charge in [0.2, 0.25) is 0 Å². The van der Waals surface area contributed by atoms with Crippen LogP contribution in [0.25, 0.3) is 16.8 Å². The maximum atomic E-state index is 12.9. The number of hydrogen-bond donors (Lipinski definition) is 1. The van der Waals surface area contributed by atoms with Crippen molar-refractivity contribution in [1.82, 2.24) is 14.4 Å². The third-order valence-electron chi connectivity index (χ3n) is 6.38. The number of ether oxygens (including phenoxy) is 2. The molecule has 0 atom stereocenters. The number of aromatic nitrogens is 3. The molecule has 35 heavy (non-hydrogen) atoms. The van der Waals surface area contributed by atoms with E-state index in [1.807, 2.05) is 42.7 Å². The van der Waals surface area contributed by atoms with Crippen molar-refractivity contribution < 1.29 is 14.3 Å². The highest BCUT2D eigenvalue weighted by Crippen LogP contribution is 2.33. The lowest BCUT2D eigenvalue weighted by atomic mass is 9.98. The van der Waals surface area contributed by atoms with Gasteiger partial charge in [-0.25, -0.2) is 14.8 Å². The first kappa shape index (κ1) is 21.3. The van der Waals surface area contributed by atoms with E-state index in [1.54, 1.807) is 16.8 Å². The van der Waals surface area contributed by atoms with E-state index in [4.69, 9.17) is 9.47 Å². The summed E-state index contributed by atoms with van der Waals surface area (Å²) in [5.41, 5.74) is 6.69. The summed E-state index contributed by atoms with van der Waals surface area (Å²) in [6.45, 7) is 3.79. The predicted molar refractivity (Wildman–Crippen MR) is 134 cm³/mol. The molecule has 9 heteroatoms. The van der Waals surface area contributed by atoms with Crippen LogP contribution in [-0.2, 0) is 16.0 Å². The number of anilines is 3. The lowest BCUT2D eigenvalue weighted by Gasteiger charge is -2.28. The summed E-state index contributed by atoms with van der Waals surface area (Å²) in [5.74, 6) is 0.255. The van der Waals surface area contributed by atoms with Gasteiger partial charge in [-0.1, -0.05) is 12.1 Å². The lowest BCUT2D eigenvalue weighted by molar-refractivity contribution is 0.0593. The number of esters is 1. The van der Waals surface area contributed by atoms with Crippen molar-refractivity contribution in [2.24, 2.45) is 4.99 Å². The van der Waals surface area contributed by atoms with Crippen LogP contribution in [0.15, 0.2) is 60.0 Å². The molecule has 0 amide bonds. The highest BCUT2D eigenvalue weighted by Gasteiger charge is 2.22. The van der Waals surface area contributed by atoms with E-state index in [9.17, 15) is 4.79 Å². The molecule has 0 spiro atoms. The van der Waals surface area contributed by atoms with Crippen LogP contribution < -0.4 is 10.2 Å². The number of carbonyl (C=O) groups excluding carboxylic acids is 1. The number of rotatable bonds is 5. The molecule has 0 saturated carbocycles. The number of nitrogens with zero attached hydrogens (tertiary/aromatic N) is 5. The van der Waals surface area contributed by atoms with Gasteiger partial charge in [-0.2, -0.15) is 0 Å². The van der Waals surface area contributed by atoms with E-state index >= 15 is 0 Å². The zero-order valence-corrected chi connectivity index (χ0v) is 19.3. The number of pyridine rings is 2. The van der Waals surface area contributed by atoms with Gasteiger partial charge in [-0.3, -0.25) is 9.39 Å². The van der Waals surface area contributed by atoms with E-state index in [2.05, 4.69) is 31.2 Å². The number of morpholine rings is 1. The molecule has 6 rings (SSSR count). The smallest absolute Gasteiger partial charge is 0.355 e. The van der Waals surface area contributed by atoms with Gasteiger partial charge in [0.05, 0.1) is 44.4 Å². The summed E-state index contributed by atoms with van der Waals surface area (Å²) < 4.78 is 12.3. The molecule has 3 aromatic heterocycles. The minimum absolute atomic E-state index is 0.417. The van der Waals surface area contributed by atoms with Gasteiger partial charge < -0.3 is 19.7 Å². The van der Waals surface area contributed by atoms with Crippen molar-refractivity contribution in [3.8, 4) is 11.1 Å². The van der Waals surface area contributed by atoms with Gasteiger partial charge >= 0.3 is 5.97 Å². The third kappa shape index (κ3) is 3.89. The Balaban J connectivity index is 1.41. The summed E-state index contributed by atoms with van der Waals surface area (Å²) in [7, 11) is 1.39. The highest BCUT2D eigenvalue weighted by molar-refractivity contribution is 5.99. The van der Waals surface area contributed by atoms with E-state index in [1.165, 1.54) is 7.11 Å². The molecule has 1 fully saturated rings. The number of methoxy groups -OCH3 is 1. The Labute approximate surface area is 202 Å². The number of hydrogen-bond acceptors (Lipinski definition) is 8. The number of nitrogens with one attached hydrogen (secondary N) is 1. The van der Waals surface area contributed by atoms with Crippen molar-refractivity contribution in [3.63, 3.8) is 0 Å². The highest BCUT2D eigenvalue weighted by atomic mass is 16.5. The quantitative estimate of drug-likeness (QED) is 0.447. The Morgan fingerprint density at radius 1 is 1.11 bits per heavy atom. The second-order valence-electron chi connectivity index (χ2n) is 8.44. The molecule has 4 aromatic rings. The first-order valence-corrected chi connectivity index (χ1v) is 11.5. The maximum Gasteiger partial charge on any atom is 0.355 e. The minimum Gasteiger partial charge on any atom is -0.464 e. The van der Waals surface area contributed by atoms with E-state index in [-0.39, 0.29) is 0 Å². The van der Waals surface area contributed by atoms with Crippen molar-refractivity contribution in [2.75, 3.05) is 43.6 Å². The molecule has 5 heterocycles. The zero-order valence-electron chi connectivity index (χ0n) is 19.3. The Hall–Kier alpha value is -4.24. The largest absolute Gasteiger partial charge is 0.464 e. The molecule has 0 bridgehead atoms. The molecule has 1 saturated heterocycles. The Morgan fingerprint density at radius 3 is 2.80 bits per heavy atom. The van der Waals surface area contributed by atoms with Gasteiger partial charge in [0.1, 0.15) is 11.5 Å². The summed E-state index contributed by atoms with van der Waals surface area (Å²) in [6.07, 6.45) is 7.17.